The van der Waals surface area contributed by atoms with E-state index in [1.54, 1.807) is 36.5 Å². The molecule has 2 aromatic rings. The molecule has 102 valence electrons. The number of ether oxygens (including phenoxy) is 1. The van der Waals surface area contributed by atoms with Crippen LogP contribution in [0.5, 0.6) is 0 Å². The van der Waals surface area contributed by atoms with Crippen LogP contribution < -0.4 is 0 Å². The van der Waals surface area contributed by atoms with Gasteiger partial charge in [-0.15, -0.1) is 0 Å². The van der Waals surface area contributed by atoms with Gasteiger partial charge in [0, 0.05) is 17.3 Å². The molecular formula is C15H13NO4. The van der Waals surface area contributed by atoms with Crippen molar-refractivity contribution in [3.05, 3.63) is 53.7 Å². The number of pyridine rings is 1. The van der Waals surface area contributed by atoms with E-state index in [0.29, 0.717) is 11.3 Å². The summed E-state index contributed by atoms with van der Waals surface area (Å²) in [4.78, 5) is 27.5. The first-order valence-electron chi connectivity index (χ1n) is 5.94. The van der Waals surface area contributed by atoms with Crippen molar-refractivity contribution in [2.45, 2.75) is 0 Å². The lowest BCUT2D eigenvalue weighted by molar-refractivity contribution is 0.0600. The molecule has 5 heteroatoms. The number of esters is 1. The van der Waals surface area contributed by atoms with Crippen LogP contribution in [0.4, 0.5) is 0 Å². The molecule has 1 heterocycles. The summed E-state index contributed by atoms with van der Waals surface area (Å²) in [5.41, 5.74) is 1.74. The van der Waals surface area contributed by atoms with Crippen molar-refractivity contribution < 1.29 is 19.4 Å². The number of aromatic nitrogens is 1. The maximum Gasteiger partial charge on any atom is 0.337 e. The molecule has 0 spiro atoms. The van der Waals surface area contributed by atoms with Crippen molar-refractivity contribution in [1.29, 1.82) is 0 Å². The molecular weight excluding hydrogens is 258 g/mol. The molecule has 0 aliphatic carbocycles. The molecule has 0 fully saturated rings. The first-order chi connectivity index (χ1) is 9.65. The highest BCUT2D eigenvalue weighted by Gasteiger charge is 2.14. The van der Waals surface area contributed by atoms with E-state index in [9.17, 15) is 9.59 Å². The molecule has 0 amide bonds. The normalized spacial score (nSPS) is 10.1. The van der Waals surface area contributed by atoms with Crippen LogP contribution >= 0.6 is 0 Å². The Balaban J connectivity index is 2.57. The fourth-order valence-corrected chi connectivity index (χ4v) is 1.80. The van der Waals surface area contributed by atoms with Gasteiger partial charge < -0.3 is 9.84 Å². The Kier molecular flexibility index (Phi) is 4.22. The van der Waals surface area contributed by atoms with E-state index in [1.165, 1.54) is 13.2 Å². The van der Waals surface area contributed by atoms with Gasteiger partial charge in [0.25, 0.3) is 0 Å². The first kappa shape index (κ1) is 13.9. The van der Waals surface area contributed by atoms with Crippen molar-refractivity contribution >= 4 is 11.8 Å². The minimum absolute atomic E-state index is 0.243. The standard InChI is InChI=1S/C15H13NO4/c1-20-15(19)12-7-10(13-4-2-3-5-16-13)6-11(8-12)14(18)9-17/h2-8,17H,9H2,1H3. The molecule has 0 aliphatic heterocycles. The van der Waals surface area contributed by atoms with Gasteiger partial charge in [0.05, 0.1) is 18.4 Å². The lowest BCUT2D eigenvalue weighted by Crippen LogP contribution is -2.08. The highest BCUT2D eigenvalue weighted by Crippen LogP contribution is 2.21. The molecule has 1 N–H and O–H groups in total. The van der Waals surface area contributed by atoms with Crippen molar-refractivity contribution in [3.63, 3.8) is 0 Å². The fraction of sp³-hybridized carbons (Fsp3) is 0.133. The quantitative estimate of drug-likeness (QED) is 0.676. The summed E-state index contributed by atoms with van der Waals surface area (Å²) >= 11 is 0. The lowest BCUT2D eigenvalue weighted by Gasteiger charge is -2.07. The number of carbonyl (C=O) groups is 2. The van der Waals surface area contributed by atoms with Crippen molar-refractivity contribution in [3.8, 4) is 11.3 Å². The number of rotatable bonds is 4. The van der Waals surface area contributed by atoms with Gasteiger partial charge in [0.1, 0.15) is 6.61 Å². The summed E-state index contributed by atoms with van der Waals surface area (Å²) in [6.45, 7) is -0.619. The van der Waals surface area contributed by atoms with Gasteiger partial charge in [-0.05, 0) is 30.3 Å². The average Bonchev–Trinajstić information content (AvgIpc) is 2.53. The number of nitrogens with zero attached hydrogens (tertiary/aromatic N) is 1. The molecule has 0 aliphatic rings. The van der Waals surface area contributed by atoms with E-state index in [4.69, 9.17) is 5.11 Å². The van der Waals surface area contributed by atoms with Gasteiger partial charge in [-0.2, -0.15) is 0 Å². The Morgan fingerprint density at radius 1 is 1.20 bits per heavy atom. The topological polar surface area (TPSA) is 76.5 Å². The number of benzene rings is 1. The number of hydrogen-bond donors (Lipinski definition) is 1. The smallest absolute Gasteiger partial charge is 0.337 e. The summed E-state index contributed by atoms with van der Waals surface area (Å²) in [5.74, 6) is -1.01. The van der Waals surface area contributed by atoms with Gasteiger partial charge in [-0.25, -0.2) is 4.79 Å². The number of methoxy groups -OCH3 is 1. The molecule has 2 rings (SSSR count). The molecule has 20 heavy (non-hydrogen) atoms. The zero-order chi connectivity index (χ0) is 14.5. The maximum atomic E-state index is 11.6. The van der Waals surface area contributed by atoms with Crippen LogP contribution in [0.25, 0.3) is 11.3 Å². The van der Waals surface area contributed by atoms with Gasteiger partial charge in [-0.1, -0.05) is 6.07 Å². The van der Waals surface area contributed by atoms with E-state index < -0.39 is 18.4 Å². The predicted molar refractivity (Wildman–Crippen MR) is 72.4 cm³/mol. The van der Waals surface area contributed by atoms with Crippen LogP contribution in [0.3, 0.4) is 0 Å². The van der Waals surface area contributed by atoms with Gasteiger partial charge >= 0.3 is 5.97 Å². The van der Waals surface area contributed by atoms with Crippen LogP contribution in [0.2, 0.25) is 0 Å². The summed E-state index contributed by atoms with van der Waals surface area (Å²) in [6, 6.07) is 9.93. The van der Waals surface area contributed by atoms with Crippen LogP contribution in [0.15, 0.2) is 42.6 Å². The van der Waals surface area contributed by atoms with Gasteiger partial charge in [0.2, 0.25) is 0 Å². The first-order valence-corrected chi connectivity index (χ1v) is 5.94. The van der Waals surface area contributed by atoms with Crippen molar-refractivity contribution in [2.24, 2.45) is 0 Å². The molecule has 5 nitrogen and oxygen atoms in total. The largest absolute Gasteiger partial charge is 0.465 e. The van der Waals surface area contributed by atoms with E-state index in [2.05, 4.69) is 9.72 Å². The maximum absolute atomic E-state index is 11.6. The van der Waals surface area contributed by atoms with E-state index >= 15 is 0 Å². The van der Waals surface area contributed by atoms with Crippen LogP contribution in [0, 0.1) is 0 Å². The number of aliphatic hydroxyl groups is 1. The minimum Gasteiger partial charge on any atom is -0.465 e. The molecule has 1 aromatic heterocycles. The predicted octanol–water partition coefficient (Wildman–Crippen LogP) is 1.71. The van der Waals surface area contributed by atoms with Crippen molar-refractivity contribution in [1.82, 2.24) is 4.98 Å². The SMILES string of the molecule is COC(=O)c1cc(C(=O)CO)cc(-c2ccccn2)c1. The number of hydrogen-bond acceptors (Lipinski definition) is 5. The second kappa shape index (κ2) is 6.08. The third kappa shape index (κ3) is 2.89. The Bertz CT molecular complexity index is 603. The third-order valence-electron chi connectivity index (χ3n) is 2.78. The number of Topliss-reactive ketones (excluding diaryl/α,β-unsaturated/α-hetero) is 1. The van der Waals surface area contributed by atoms with E-state index in [1.807, 2.05) is 0 Å². The second-order valence-corrected chi connectivity index (χ2v) is 4.09. The van der Waals surface area contributed by atoms with E-state index in [0.717, 1.165) is 0 Å². The molecule has 1 aromatic carbocycles. The highest BCUT2D eigenvalue weighted by molar-refractivity contribution is 6.01. The van der Waals surface area contributed by atoms with Crippen LogP contribution in [0.1, 0.15) is 20.7 Å². The average molecular weight is 271 g/mol. The van der Waals surface area contributed by atoms with Gasteiger partial charge in [0.15, 0.2) is 5.78 Å². The summed E-state index contributed by atoms with van der Waals surface area (Å²) in [7, 11) is 1.27. The molecule has 0 unspecified atom stereocenters. The summed E-state index contributed by atoms with van der Waals surface area (Å²) in [6.07, 6.45) is 1.62. The lowest BCUT2D eigenvalue weighted by atomic mass is 10.0. The molecule has 0 saturated carbocycles. The van der Waals surface area contributed by atoms with Crippen molar-refractivity contribution in [2.75, 3.05) is 13.7 Å². The van der Waals surface area contributed by atoms with Crippen LogP contribution in [-0.2, 0) is 4.74 Å². The Morgan fingerprint density at radius 3 is 2.55 bits per heavy atom. The fourth-order valence-electron chi connectivity index (χ4n) is 1.80. The summed E-state index contributed by atoms with van der Waals surface area (Å²) in [5, 5.41) is 8.96. The highest BCUT2D eigenvalue weighted by atomic mass is 16.5. The molecule has 0 saturated heterocycles. The number of carbonyl (C=O) groups excluding carboxylic acids is 2. The Hall–Kier alpha value is -2.53. The second-order valence-electron chi connectivity index (χ2n) is 4.09. The third-order valence-corrected chi connectivity index (χ3v) is 2.78. The summed E-state index contributed by atoms with van der Waals surface area (Å²) < 4.78 is 4.66. The molecule has 0 atom stereocenters. The van der Waals surface area contributed by atoms with E-state index in [-0.39, 0.29) is 11.1 Å². The minimum atomic E-state index is -0.619. The Morgan fingerprint density at radius 2 is 1.95 bits per heavy atom. The van der Waals surface area contributed by atoms with Crippen LogP contribution in [-0.4, -0.2) is 35.6 Å². The number of ketones is 1. The molecule has 0 bridgehead atoms. The monoisotopic (exact) mass is 271 g/mol. The van der Waals surface area contributed by atoms with Gasteiger partial charge in [-0.3, -0.25) is 9.78 Å². The number of aliphatic hydroxyl groups excluding tert-OH is 1. The zero-order valence-electron chi connectivity index (χ0n) is 10.9. The molecule has 0 radical (unpaired) electrons. The zero-order valence-corrected chi connectivity index (χ0v) is 10.9. The Labute approximate surface area is 115 Å².